The first-order valence-electron chi connectivity index (χ1n) is 6.00. The van der Waals surface area contributed by atoms with Crippen LogP contribution >= 0.6 is 15.9 Å². The topological polar surface area (TPSA) is 40.5 Å². The van der Waals surface area contributed by atoms with Crippen LogP contribution in [0, 0.1) is 5.82 Å². The highest BCUT2D eigenvalue weighted by Crippen LogP contribution is 2.17. The molecule has 0 spiro atoms. The molecule has 0 aromatic heterocycles. The molecular weight excluding hydrogens is 313 g/mol. The number of hydrogen-bond acceptors (Lipinski definition) is 2. The third-order valence-corrected chi connectivity index (χ3v) is 3.10. The van der Waals surface area contributed by atoms with Gasteiger partial charge in [-0.05, 0) is 38.1 Å². The Kier molecular flexibility index (Phi) is 6.18. The van der Waals surface area contributed by atoms with Crippen LogP contribution in [0.15, 0.2) is 28.7 Å². The van der Waals surface area contributed by atoms with E-state index in [0.717, 1.165) is 4.47 Å². The third kappa shape index (κ3) is 4.76. The molecule has 0 bridgehead atoms. The summed E-state index contributed by atoms with van der Waals surface area (Å²) in [5.41, 5.74) is 0.343. The summed E-state index contributed by atoms with van der Waals surface area (Å²) in [5, 5.41) is 8.92. The third-order valence-electron chi connectivity index (χ3n) is 2.61. The summed E-state index contributed by atoms with van der Waals surface area (Å²) in [5.74, 6) is -0.631. The molecule has 0 atom stereocenters. The van der Waals surface area contributed by atoms with E-state index in [1.807, 2.05) is 13.8 Å². The molecule has 1 amide bonds. The van der Waals surface area contributed by atoms with Gasteiger partial charge in [0, 0.05) is 28.7 Å². The molecule has 1 rings (SSSR count). The van der Waals surface area contributed by atoms with Crippen LogP contribution < -0.4 is 0 Å². The number of aliphatic hydroxyl groups excluding tert-OH is 1. The maximum atomic E-state index is 13.5. The lowest BCUT2D eigenvalue weighted by Crippen LogP contribution is -2.37. The SMILES string of the molecule is CC(C)N(CCO)C(=O)/C=C/c1cc(Br)ccc1F. The van der Waals surface area contributed by atoms with Crippen LogP contribution in [0.1, 0.15) is 19.4 Å². The molecule has 0 heterocycles. The molecule has 0 fully saturated rings. The molecule has 0 saturated carbocycles. The first-order chi connectivity index (χ1) is 8.95. The zero-order valence-electron chi connectivity index (χ0n) is 10.9. The monoisotopic (exact) mass is 329 g/mol. The molecule has 1 N–H and O–H groups in total. The number of aliphatic hydroxyl groups is 1. The van der Waals surface area contributed by atoms with E-state index in [0.29, 0.717) is 5.56 Å². The van der Waals surface area contributed by atoms with Crippen molar-refractivity contribution < 1.29 is 14.3 Å². The minimum atomic E-state index is -0.384. The Labute approximate surface area is 120 Å². The number of hydrogen-bond donors (Lipinski definition) is 1. The number of amides is 1. The van der Waals surface area contributed by atoms with Gasteiger partial charge in [-0.3, -0.25) is 4.79 Å². The van der Waals surface area contributed by atoms with E-state index in [2.05, 4.69) is 15.9 Å². The van der Waals surface area contributed by atoms with Crippen LogP contribution in [-0.4, -0.2) is 35.1 Å². The van der Waals surface area contributed by atoms with Gasteiger partial charge in [0.2, 0.25) is 5.91 Å². The predicted molar refractivity (Wildman–Crippen MR) is 77.1 cm³/mol. The summed E-state index contributed by atoms with van der Waals surface area (Å²) < 4.78 is 14.2. The van der Waals surface area contributed by atoms with E-state index >= 15 is 0 Å². The van der Waals surface area contributed by atoms with Gasteiger partial charge in [-0.15, -0.1) is 0 Å². The fraction of sp³-hybridized carbons (Fsp3) is 0.357. The Morgan fingerprint density at radius 2 is 2.21 bits per heavy atom. The largest absolute Gasteiger partial charge is 0.395 e. The van der Waals surface area contributed by atoms with Crippen LogP contribution in [0.3, 0.4) is 0 Å². The number of carbonyl (C=O) groups excluding carboxylic acids is 1. The Hall–Kier alpha value is -1.20. The normalized spacial score (nSPS) is 11.3. The maximum Gasteiger partial charge on any atom is 0.246 e. The van der Waals surface area contributed by atoms with E-state index in [9.17, 15) is 9.18 Å². The van der Waals surface area contributed by atoms with Gasteiger partial charge >= 0.3 is 0 Å². The highest BCUT2D eigenvalue weighted by molar-refractivity contribution is 9.10. The second kappa shape index (κ2) is 7.40. The number of rotatable bonds is 5. The van der Waals surface area contributed by atoms with E-state index in [1.54, 1.807) is 12.1 Å². The summed E-state index contributed by atoms with van der Waals surface area (Å²) >= 11 is 3.25. The average molecular weight is 330 g/mol. The Bertz CT molecular complexity index is 475. The van der Waals surface area contributed by atoms with Crippen molar-refractivity contribution in [2.75, 3.05) is 13.2 Å². The molecular formula is C14H17BrFNO2. The van der Waals surface area contributed by atoms with Gasteiger partial charge in [-0.25, -0.2) is 4.39 Å². The average Bonchev–Trinajstić information content (AvgIpc) is 2.36. The molecule has 0 aliphatic rings. The van der Waals surface area contributed by atoms with Crippen LogP contribution in [-0.2, 0) is 4.79 Å². The number of nitrogens with zero attached hydrogens (tertiary/aromatic N) is 1. The molecule has 0 saturated heterocycles. The van der Waals surface area contributed by atoms with Crippen molar-refractivity contribution in [3.8, 4) is 0 Å². The molecule has 0 radical (unpaired) electrons. The van der Waals surface area contributed by atoms with E-state index in [1.165, 1.54) is 23.1 Å². The molecule has 0 unspecified atom stereocenters. The highest BCUT2D eigenvalue weighted by Gasteiger charge is 2.13. The number of halogens is 2. The van der Waals surface area contributed by atoms with Crippen molar-refractivity contribution >= 4 is 27.9 Å². The minimum Gasteiger partial charge on any atom is -0.395 e. The van der Waals surface area contributed by atoms with Crippen molar-refractivity contribution in [2.45, 2.75) is 19.9 Å². The van der Waals surface area contributed by atoms with E-state index in [4.69, 9.17) is 5.11 Å². The van der Waals surface area contributed by atoms with Crippen molar-refractivity contribution in [1.29, 1.82) is 0 Å². The molecule has 19 heavy (non-hydrogen) atoms. The lowest BCUT2D eigenvalue weighted by atomic mass is 10.2. The smallest absolute Gasteiger partial charge is 0.246 e. The standard InChI is InChI=1S/C14H17BrFNO2/c1-10(2)17(7-8-18)14(19)6-3-11-9-12(15)4-5-13(11)16/h3-6,9-10,18H,7-8H2,1-2H3/b6-3+. The summed E-state index contributed by atoms with van der Waals surface area (Å²) in [4.78, 5) is 13.5. The fourth-order valence-corrected chi connectivity index (χ4v) is 2.01. The molecule has 5 heteroatoms. The minimum absolute atomic E-state index is 0.0170. The van der Waals surface area contributed by atoms with E-state index in [-0.39, 0.29) is 30.9 Å². The second-order valence-electron chi connectivity index (χ2n) is 4.35. The molecule has 1 aromatic carbocycles. The first kappa shape index (κ1) is 15.9. The Balaban J connectivity index is 2.85. The van der Waals surface area contributed by atoms with Gasteiger partial charge in [0.05, 0.1) is 6.61 Å². The highest BCUT2D eigenvalue weighted by atomic mass is 79.9. The Morgan fingerprint density at radius 3 is 2.79 bits per heavy atom. The molecule has 0 aliphatic carbocycles. The van der Waals surface area contributed by atoms with Crippen LogP contribution in [0.5, 0.6) is 0 Å². The molecule has 104 valence electrons. The van der Waals surface area contributed by atoms with Gasteiger partial charge in [-0.1, -0.05) is 15.9 Å². The predicted octanol–water partition coefficient (Wildman–Crippen LogP) is 2.83. The van der Waals surface area contributed by atoms with Crippen molar-refractivity contribution in [3.05, 3.63) is 40.1 Å². The molecule has 0 aliphatic heterocycles. The first-order valence-corrected chi connectivity index (χ1v) is 6.79. The lowest BCUT2D eigenvalue weighted by Gasteiger charge is -2.24. The van der Waals surface area contributed by atoms with Crippen molar-refractivity contribution in [2.24, 2.45) is 0 Å². The lowest BCUT2D eigenvalue weighted by molar-refractivity contribution is -0.128. The van der Waals surface area contributed by atoms with Crippen LogP contribution in [0.2, 0.25) is 0 Å². The number of benzene rings is 1. The van der Waals surface area contributed by atoms with E-state index < -0.39 is 0 Å². The summed E-state index contributed by atoms with van der Waals surface area (Å²) in [7, 11) is 0. The van der Waals surface area contributed by atoms with Crippen molar-refractivity contribution in [1.82, 2.24) is 4.90 Å². The van der Waals surface area contributed by atoms with Crippen LogP contribution in [0.4, 0.5) is 4.39 Å². The van der Waals surface area contributed by atoms with Gasteiger partial charge in [0.25, 0.3) is 0 Å². The Morgan fingerprint density at radius 1 is 1.53 bits per heavy atom. The fourth-order valence-electron chi connectivity index (χ4n) is 1.63. The zero-order valence-corrected chi connectivity index (χ0v) is 12.5. The summed E-state index contributed by atoms with van der Waals surface area (Å²) in [6, 6.07) is 4.52. The zero-order chi connectivity index (χ0) is 14.4. The van der Waals surface area contributed by atoms with Gasteiger partial charge in [0.15, 0.2) is 0 Å². The molecule has 1 aromatic rings. The summed E-state index contributed by atoms with van der Waals surface area (Å²) in [6.07, 6.45) is 2.76. The van der Waals surface area contributed by atoms with Gasteiger partial charge in [0.1, 0.15) is 5.82 Å². The van der Waals surface area contributed by atoms with Crippen LogP contribution in [0.25, 0.3) is 6.08 Å². The van der Waals surface area contributed by atoms with Crippen molar-refractivity contribution in [3.63, 3.8) is 0 Å². The molecule has 3 nitrogen and oxygen atoms in total. The maximum absolute atomic E-state index is 13.5. The number of carbonyl (C=O) groups is 1. The quantitative estimate of drug-likeness (QED) is 0.844. The second-order valence-corrected chi connectivity index (χ2v) is 5.26. The summed E-state index contributed by atoms with van der Waals surface area (Å²) in [6.45, 7) is 3.90. The van der Waals surface area contributed by atoms with Gasteiger partial charge < -0.3 is 10.0 Å². The van der Waals surface area contributed by atoms with Gasteiger partial charge in [-0.2, -0.15) is 0 Å².